The van der Waals surface area contributed by atoms with Gasteiger partial charge in [-0.2, -0.15) is 0 Å². The van der Waals surface area contributed by atoms with E-state index in [1.165, 1.54) is 23.3 Å². The number of carbonyl (C=O) groups excluding carboxylic acids is 1. The highest BCUT2D eigenvalue weighted by molar-refractivity contribution is 5.85. The van der Waals surface area contributed by atoms with Gasteiger partial charge < -0.3 is 4.90 Å². The number of nitrogens with zero attached hydrogens (tertiary/aromatic N) is 1. The molecule has 2 aromatic rings. The summed E-state index contributed by atoms with van der Waals surface area (Å²) in [6, 6.07) is 12.3. The number of carbonyl (C=O) groups is 1. The summed E-state index contributed by atoms with van der Waals surface area (Å²) in [4.78, 5) is 14.1. The van der Waals surface area contributed by atoms with Crippen LogP contribution in [-0.2, 0) is 11.2 Å². The molecular weight excluding hydrogens is 265 g/mol. The molecule has 0 aromatic heterocycles. The number of aryl methyl sites for hydroxylation is 2. The molecule has 2 nitrogen and oxygen atoms in total. The molecule has 0 heterocycles. The van der Waals surface area contributed by atoms with Gasteiger partial charge in [-0.05, 0) is 54.8 Å². The standard InChI is InChI=1S/C18H20FNO/c1-13-8-14(2)10-17(9-13)20(3)12-18(21)11-15-4-6-16(19)7-5-15/h4-10H,11-12H2,1-3H3. The van der Waals surface area contributed by atoms with Gasteiger partial charge in [0.1, 0.15) is 5.82 Å². The van der Waals surface area contributed by atoms with Crippen LogP contribution in [0.15, 0.2) is 42.5 Å². The number of halogens is 1. The lowest BCUT2D eigenvalue weighted by atomic mass is 10.1. The van der Waals surface area contributed by atoms with Crippen molar-refractivity contribution in [2.75, 3.05) is 18.5 Å². The van der Waals surface area contributed by atoms with Crippen molar-refractivity contribution >= 4 is 11.5 Å². The lowest BCUT2D eigenvalue weighted by Gasteiger charge is -2.19. The number of benzene rings is 2. The smallest absolute Gasteiger partial charge is 0.156 e. The summed E-state index contributed by atoms with van der Waals surface area (Å²) in [6.45, 7) is 4.44. The summed E-state index contributed by atoms with van der Waals surface area (Å²) in [5, 5.41) is 0. The Morgan fingerprint density at radius 2 is 1.62 bits per heavy atom. The second kappa shape index (κ2) is 6.53. The molecule has 0 aliphatic rings. The Kier molecular flexibility index (Phi) is 4.73. The second-order valence-corrected chi connectivity index (χ2v) is 5.54. The number of likely N-dealkylation sites (N-methyl/N-ethyl adjacent to an activating group) is 1. The molecule has 2 rings (SSSR count). The number of ketones is 1. The van der Waals surface area contributed by atoms with E-state index in [0.717, 1.165) is 11.3 Å². The summed E-state index contributed by atoms with van der Waals surface area (Å²) < 4.78 is 12.8. The summed E-state index contributed by atoms with van der Waals surface area (Å²) in [7, 11) is 1.91. The average molecular weight is 285 g/mol. The third kappa shape index (κ3) is 4.42. The van der Waals surface area contributed by atoms with Crippen LogP contribution >= 0.6 is 0 Å². The SMILES string of the molecule is Cc1cc(C)cc(N(C)CC(=O)Cc2ccc(F)cc2)c1. The first-order valence-electron chi connectivity index (χ1n) is 6.99. The van der Waals surface area contributed by atoms with E-state index in [2.05, 4.69) is 18.2 Å². The van der Waals surface area contributed by atoms with Gasteiger partial charge in [0.2, 0.25) is 0 Å². The number of hydrogen-bond donors (Lipinski definition) is 0. The molecular formula is C18H20FNO. The van der Waals surface area contributed by atoms with Crippen LogP contribution in [0.2, 0.25) is 0 Å². The van der Waals surface area contributed by atoms with Crippen molar-refractivity contribution in [3.63, 3.8) is 0 Å². The van der Waals surface area contributed by atoms with Crippen LogP contribution in [0.4, 0.5) is 10.1 Å². The van der Waals surface area contributed by atoms with Gasteiger partial charge in [-0.15, -0.1) is 0 Å². The van der Waals surface area contributed by atoms with Crippen LogP contribution in [0, 0.1) is 19.7 Å². The fraction of sp³-hybridized carbons (Fsp3) is 0.278. The van der Waals surface area contributed by atoms with E-state index in [1.54, 1.807) is 12.1 Å². The maximum absolute atomic E-state index is 12.8. The van der Waals surface area contributed by atoms with E-state index in [-0.39, 0.29) is 11.6 Å². The Bertz CT molecular complexity index is 614. The van der Waals surface area contributed by atoms with Gasteiger partial charge in [-0.3, -0.25) is 4.79 Å². The van der Waals surface area contributed by atoms with Crippen LogP contribution in [0.25, 0.3) is 0 Å². The van der Waals surface area contributed by atoms with Gasteiger partial charge in [-0.1, -0.05) is 18.2 Å². The molecule has 21 heavy (non-hydrogen) atoms. The lowest BCUT2D eigenvalue weighted by molar-refractivity contribution is -0.117. The summed E-state index contributed by atoms with van der Waals surface area (Å²) in [5.41, 5.74) is 4.25. The largest absolute Gasteiger partial charge is 0.367 e. The number of anilines is 1. The highest BCUT2D eigenvalue weighted by atomic mass is 19.1. The summed E-state index contributed by atoms with van der Waals surface area (Å²) in [6.07, 6.45) is 0.329. The molecule has 110 valence electrons. The van der Waals surface area contributed by atoms with Gasteiger partial charge >= 0.3 is 0 Å². The quantitative estimate of drug-likeness (QED) is 0.835. The predicted molar refractivity (Wildman–Crippen MR) is 84.3 cm³/mol. The van der Waals surface area contributed by atoms with E-state index in [4.69, 9.17) is 0 Å². The van der Waals surface area contributed by atoms with Gasteiger partial charge in [0.15, 0.2) is 5.78 Å². The zero-order chi connectivity index (χ0) is 15.4. The molecule has 2 aromatic carbocycles. The fourth-order valence-corrected chi connectivity index (χ4v) is 2.41. The van der Waals surface area contributed by atoms with Crippen molar-refractivity contribution in [1.29, 1.82) is 0 Å². The van der Waals surface area contributed by atoms with Crippen LogP contribution in [0.3, 0.4) is 0 Å². The van der Waals surface area contributed by atoms with Gasteiger partial charge in [0, 0.05) is 19.2 Å². The van der Waals surface area contributed by atoms with Gasteiger partial charge in [0.25, 0.3) is 0 Å². The molecule has 0 N–H and O–H groups in total. The normalized spacial score (nSPS) is 10.5. The molecule has 0 radical (unpaired) electrons. The molecule has 0 aliphatic carbocycles. The molecule has 0 fully saturated rings. The number of hydrogen-bond acceptors (Lipinski definition) is 2. The molecule has 0 bridgehead atoms. The fourth-order valence-electron chi connectivity index (χ4n) is 2.41. The van der Waals surface area contributed by atoms with Crippen LogP contribution in [0.1, 0.15) is 16.7 Å². The number of rotatable bonds is 5. The zero-order valence-electron chi connectivity index (χ0n) is 12.7. The van der Waals surface area contributed by atoms with E-state index in [0.29, 0.717) is 13.0 Å². The van der Waals surface area contributed by atoms with E-state index in [9.17, 15) is 9.18 Å². The number of Topliss-reactive ketones (excluding diaryl/α,β-unsaturated/α-hetero) is 1. The highest BCUT2D eigenvalue weighted by Crippen LogP contribution is 2.17. The van der Waals surface area contributed by atoms with Gasteiger partial charge in [-0.25, -0.2) is 4.39 Å². The van der Waals surface area contributed by atoms with E-state index < -0.39 is 0 Å². The minimum Gasteiger partial charge on any atom is -0.367 e. The Balaban J connectivity index is 2.00. The van der Waals surface area contributed by atoms with E-state index in [1.807, 2.05) is 25.8 Å². The maximum Gasteiger partial charge on any atom is 0.156 e. The predicted octanol–water partition coefficient (Wildman–Crippen LogP) is 3.69. The second-order valence-electron chi connectivity index (χ2n) is 5.54. The topological polar surface area (TPSA) is 20.3 Å². The van der Waals surface area contributed by atoms with Crippen LogP contribution < -0.4 is 4.90 Å². The first-order valence-corrected chi connectivity index (χ1v) is 6.99. The molecule has 0 spiro atoms. The molecule has 3 heteroatoms. The zero-order valence-corrected chi connectivity index (χ0v) is 12.7. The molecule has 0 saturated carbocycles. The summed E-state index contributed by atoms with van der Waals surface area (Å²) in [5.74, 6) is -0.165. The Morgan fingerprint density at radius 1 is 1.05 bits per heavy atom. The first kappa shape index (κ1) is 15.2. The Hall–Kier alpha value is -2.16. The van der Waals surface area contributed by atoms with Gasteiger partial charge in [0.05, 0.1) is 6.54 Å². The maximum atomic E-state index is 12.8. The van der Waals surface area contributed by atoms with Crippen molar-refractivity contribution in [2.24, 2.45) is 0 Å². The Labute approximate surface area is 125 Å². The monoisotopic (exact) mass is 285 g/mol. The van der Waals surface area contributed by atoms with Crippen molar-refractivity contribution in [1.82, 2.24) is 0 Å². The molecule has 0 atom stereocenters. The van der Waals surface area contributed by atoms with Crippen molar-refractivity contribution < 1.29 is 9.18 Å². The molecule has 0 amide bonds. The van der Waals surface area contributed by atoms with Crippen molar-refractivity contribution in [3.05, 3.63) is 65.0 Å². The lowest BCUT2D eigenvalue weighted by Crippen LogP contribution is -2.26. The highest BCUT2D eigenvalue weighted by Gasteiger charge is 2.09. The molecule has 0 unspecified atom stereocenters. The van der Waals surface area contributed by atoms with Crippen molar-refractivity contribution in [3.8, 4) is 0 Å². The Morgan fingerprint density at radius 3 is 2.19 bits per heavy atom. The minimum absolute atomic E-state index is 0.114. The minimum atomic E-state index is -0.279. The average Bonchev–Trinajstić information content (AvgIpc) is 2.40. The van der Waals surface area contributed by atoms with Crippen molar-refractivity contribution in [2.45, 2.75) is 20.3 Å². The van der Waals surface area contributed by atoms with E-state index >= 15 is 0 Å². The summed E-state index contributed by atoms with van der Waals surface area (Å²) >= 11 is 0. The van der Waals surface area contributed by atoms with Crippen LogP contribution in [-0.4, -0.2) is 19.4 Å². The van der Waals surface area contributed by atoms with Crippen LogP contribution in [0.5, 0.6) is 0 Å². The molecule has 0 aliphatic heterocycles. The molecule has 0 saturated heterocycles. The third-order valence-electron chi connectivity index (χ3n) is 3.38. The third-order valence-corrected chi connectivity index (χ3v) is 3.38. The first-order chi connectivity index (χ1) is 9.94.